The van der Waals surface area contributed by atoms with E-state index in [0.29, 0.717) is 58.1 Å². The number of aromatic nitrogens is 5. The minimum absolute atomic E-state index is 0.136. The Kier molecular flexibility index (Phi) is 7.39. The maximum atomic E-state index is 14.4. The van der Waals surface area contributed by atoms with Crippen LogP contribution in [-0.4, -0.2) is 61.4 Å². The van der Waals surface area contributed by atoms with E-state index in [9.17, 15) is 9.18 Å². The zero-order chi connectivity index (χ0) is 27.0. The van der Waals surface area contributed by atoms with E-state index < -0.39 is 5.82 Å². The number of para-hydroxylation sites is 1. The number of rotatable bonds is 5. The molecule has 0 radical (unpaired) electrons. The molecule has 11 heteroatoms. The van der Waals surface area contributed by atoms with Crippen LogP contribution in [0.3, 0.4) is 0 Å². The molecule has 1 unspecified atom stereocenters. The van der Waals surface area contributed by atoms with Crippen molar-refractivity contribution < 1.29 is 13.9 Å². The number of ether oxygens (including phenoxy) is 1. The molecule has 2 aromatic carbocycles. The number of carbonyl (C=O) groups is 1. The highest BCUT2D eigenvalue weighted by Gasteiger charge is 2.31. The highest BCUT2D eigenvalue weighted by atomic mass is 79.9. The van der Waals surface area contributed by atoms with Crippen LogP contribution in [0.5, 0.6) is 0 Å². The van der Waals surface area contributed by atoms with Gasteiger partial charge >= 0.3 is 0 Å². The maximum Gasteiger partial charge on any atom is 0.257 e. The Hall–Kier alpha value is -3.08. The quantitative estimate of drug-likeness (QED) is 0.301. The van der Waals surface area contributed by atoms with Crippen LogP contribution in [0.25, 0.3) is 16.9 Å². The van der Waals surface area contributed by atoms with Crippen molar-refractivity contribution >= 4 is 33.4 Å². The summed E-state index contributed by atoms with van der Waals surface area (Å²) in [5, 5.41) is 13.6. The van der Waals surface area contributed by atoms with Crippen molar-refractivity contribution in [2.75, 3.05) is 19.7 Å². The third kappa shape index (κ3) is 5.39. The van der Waals surface area contributed by atoms with E-state index >= 15 is 0 Å². The van der Waals surface area contributed by atoms with Crippen LogP contribution in [0.2, 0.25) is 5.02 Å². The van der Waals surface area contributed by atoms with Gasteiger partial charge in [-0.3, -0.25) is 9.48 Å². The average molecular weight is 602 g/mol. The second-order valence-corrected chi connectivity index (χ2v) is 11.4. The molecular formula is C27H27BrClFN6O2. The maximum absolute atomic E-state index is 14.4. The van der Waals surface area contributed by atoms with Gasteiger partial charge in [-0.25, -0.2) is 9.07 Å². The molecule has 198 valence electrons. The third-order valence-corrected chi connectivity index (χ3v) is 7.30. The fourth-order valence-corrected chi connectivity index (χ4v) is 5.12. The summed E-state index contributed by atoms with van der Waals surface area (Å²) >= 11 is 9.85. The topological polar surface area (TPSA) is 78.1 Å². The molecule has 0 bridgehead atoms. The summed E-state index contributed by atoms with van der Waals surface area (Å²) in [6.45, 7) is 7.30. The van der Waals surface area contributed by atoms with Gasteiger partial charge in [-0.2, -0.15) is 5.10 Å². The average Bonchev–Trinajstić information content (AvgIpc) is 3.52. The molecular weight excluding hydrogens is 575 g/mol. The number of halogens is 3. The molecule has 0 spiro atoms. The molecule has 5 rings (SSSR count). The Morgan fingerprint density at radius 1 is 1.18 bits per heavy atom. The SMILES string of the molecule is CC(C)(C)n1cc(C(=O)N2CCOC(Cc3cn(-c4c(F)cccc4Br)nn3)C2)c(-c2ccccc2Cl)n1. The predicted molar refractivity (Wildman–Crippen MR) is 146 cm³/mol. The standard InChI is InChI=1S/C27H27BrClFN6O2/c1-27(2,3)36-16-20(24(32-36)19-7-4-5-9-22(19)29)26(37)34-11-12-38-18(15-34)13-17-14-35(33-31-17)25-21(28)8-6-10-23(25)30/h4-10,14,16,18H,11-13,15H2,1-3H3. The van der Waals surface area contributed by atoms with Crippen LogP contribution in [-0.2, 0) is 16.7 Å². The second-order valence-electron chi connectivity index (χ2n) is 10.2. The van der Waals surface area contributed by atoms with E-state index in [1.54, 1.807) is 40.2 Å². The highest BCUT2D eigenvalue weighted by molar-refractivity contribution is 9.10. The molecule has 4 aromatic rings. The summed E-state index contributed by atoms with van der Waals surface area (Å²) < 4.78 is 24.1. The normalized spacial score (nSPS) is 16.2. The molecule has 1 amide bonds. The molecule has 1 saturated heterocycles. The van der Waals surface area contributed by atoms with Crippen LogP contribution in [0, 0.1) is 5.82 Å². The summed E-state index contributed by atoms with van der Waals surface area (Å²) in [4.78, 5) is 15.6. The zero-order valence-corrected chi connectivity index (χ0v) is 23.6. The fraction of sp³-hybridized carbons (Fsp3) is 0.333. The highest BCUT2D eigenvalue weighted by Crippen LogP contribution is 2.32. The monoisotopic (exact) mass is 600 g/mol. The van der Waals surface area contributed by atoms with Gasteiger partial charge in [-0.05, 0) is 54.9 Å². The van der Waals surface area contributed by atoms with Gasteiger partial charge < -0.3 is 9.64 Å². The number of hydrogen-bond acceptors (Lipinski definition) is 5. The van der Waals surface area contributed by atoms with E-state index in [1.807, 2.05) is 39.0 Å². The summed E-state index contributed by atoms with van der Waals surface area (Å²) in [7, 11) is 0. The number of benzene rings is 2. The molecule has 1 aliphatic rings. The summed E-state index contributed by atoms with van der Waals surface area (Å²) in [5.74, 6) is -0.547. The van der Waals surface area contributed by atoms with Crippen LogP contribution in [0.4, 0.5) is 4.39 Å². The van der Waals surface area contributed by atoms with Crippen molar-refractivity contribution in [1.29, 1.82) is 0 Å². The Labute approximate surface area is 233 Å². The molecule has 1 atom stereocenters. The number of hydrogen-bond donors (Lipinski definition) is 0. The van der Waals surface area contributed by atoms with Gasteiger partial charge in [0, 0.05) is 35.7 Å². The molecule has 3 heterocycles. The Balaban J connectivity index is 1.37. The zero-order valence-electron chi connectivity index (χ0n) is 21.2. The van der Waals surface area contributed by atoms with E-state index in [1.165, 1.54) is 10.7 Å². The van der Waals surface area contributed by atoms with E-state index in [2.05, 4.69) is 26.2 Å². The van der Waals surface area contributed by atoms with E-state index in [-0.39, 0.29) is 23.2 Å². The van der Waals surface area contributed by atoms with Gasteiger partial charge in [-0.15, -0.1) is 5.10 Å². The second kappa shape index (κ2) is 10.6. The van der Waals surface area contributed by atoms with E-state index in [4.69, 9.17) is 21.4 Å². The van der Waals surface area contributed by atoms with Crippen molar-refractivity contribution in [3.05, 3.63) is 81.4 Å². The Morgan fingerprint density at radius 2 is 1.97 bits per heavy atom. The van der Waals surface area contributed by atoms with E-state index in [0.717, 1.165) is 0 Å². The van der Waals surface area contributed by atoms with Gasteiger partial charge in [0.2, 0.25) is 0 Å². The van der Waals surface area contributed by atoms with Gasteiger partial charge in [0.05, 0.1) is 40.7 Å². The van der Waals surface area contributed by atoms with Crippen LogP contribution in [0.15, 0.2) is 59.3 Å². The van der Waals surface area contributed by atoms with Gasteiger partial charge in [-0.1, -0.05) is 41.1 Å². The molecule has 1 aliphatic heterocycles. The third-order valence-electron chi connectivity index (χ3n) is 6.33. The number of nitrogens with zero attached hydrogens (tertiary/aromatic N) is 6. The summed E-state index contributed by atoms with van der Waals surface area (Å²) in [6.07, 6.45) is 3.61. The predicted octanol–water partition coefficient (Wildman–Crippen LogP) is 5.52. The van der Waals surface area contributed by atoms with Crippen LogP contribution in [0.1, 0.15) is 36.8 Å². The number of carbonyl (C=O) groups excluding carboxylic acids is 1. The fourth-order valence-electron chi connectivity index (χ4n) is 4.37. The molecule has 0 N–H and O–H groups in total. The first kappa shape index (κ1) is 26.5. The Bertz CT molecular complexity index is 1460. The lowest BCUT2D eigenvalue weighted by Gasteiger charge is -2.32. The van der Waals surface area contributed by atoms with Gasteiger partial charge in [0.1, 0.15) is 17.2 Å². The molecule has 38 heavy (non-hydrogen) atoms. The molecule has 0 saturated carbocycles. The van der Waals surface area contributed by atoms with Crippen molar-refractivity contribution in [2.45, 2.75) is 38.8 Å². The minimum atomic E-state index is -0.411. The molecule has 0 aliphatic carbocycles. The van der Waals surface area contributed by atoms with Gasteiger partial charge in [0.25, 0.3) is 5.91 Å². The van der Waals surface area contributed by atoms with Gasteiger partial charge in [0.15, 0.2) is 0 Å². The first-order valence-corrected chi connectivity index (χ1v) is 13.4. The molecule has 1 fully saturated rings. The first-order chi connectivity index (χ1) is 18.1. The lowest BCUT2D eigenvalue weighted by Crippen LogP contribution is -2.46. The molecule has 8 nitrogen and oxygen atoms in total. The largest absolute Gasteiger partial charge is 0.374 e. The number of morpholine rings is 1. The van der Waals surface area contributed by atoms with Crippen molar-refractivity contribution in [3.8, 4) is 16.9 Å². The van der Waals surface area contributed by atoms with Crippen LogP contribution >= 0.6 is 27.5 Å². The lowest BCUT2D eigenvalue weighted by molar-refractivity contribution is -0.0212. The lowest BCUT2D eigenvalue weighted by atomic mass is 10.1. The molecule has 2 aromatic heterocycles. The smallest absolute Gasteiger partial charge is 0.257 e. The minimum Gasteiger partial charge on any atom is -0.374 e. The van der Waals surface area contributed by atoms with Crippen molar-refractivity contribution in [2.24, 2.45) is 0 Å². The van der Waals surface area contributed by atoms with Crippen molar-refractivity contribution in [1.82, 2.24) is 29.7 Å². The van der Waals surface area contributed by atoms with Crippen LogP contribution < -0.4 is 0 Å². The summed E-state index contributed by atoms with van der Waals surface area (Å²) in [5.41, 5.74) is 2.36. The summed E-state index contributed by atoms with van der Waals surface area (Å²) in [6, 6.07) is 12.1. The number of amides is 1. The first-order valence-electron chi connectivity index (χ1n) is 12.2. The Morgan fingerprint density at radius 3 is 2.71 bits per heavy atom. The van der Waals surface area contributed by atoms with Crippen molar-refractivity contribution in [3.63, 3.8) is 0 Å².